The Bertz CT molecular complexity index is 1740. The Hall–Kier alpha value is -4.37. The van der Waals surface area contributed by atoms with Crippen LogP contribution in [0, 0.1) is 6.92 Å². The molecule has 0 fully saturated rings. The van der Waals surface area contributed by atoms with Gasteiger partial charge in [0.15, 0.2) is 0 Å². The number of carboxylic acids is 1. The van der Waals surface area contributed by atoms with Crippen molar-refractivity contribution in [3.05, 3.63) is 86.9 Å². The Morgan fingerprint density at radius 3 is 2.48 bits per heavy atom. The smallest absolute Gasteiger partial charge is 0.475 e. The van der Waals surface area contributed by atoms with Crippen molar-refractivity contribution in [3.63, 3.8) is 0 Å². The van der Waals surface area contributed by atoms with Gasteiger partial charge in [0.1, 0.15) is 6.33 Å². The van der Waals surface area contributed by atoms with E-state index in [1.54, 1.807) is 4.90 Å². The van der Waals surface area contributed by atoms with Crippen LogP contribution in [0.15, 0.2) is 65.2 Å². The summed E-state index contributed by atoms with van der Waals surface area (Å²) in [4.78, 5) is 37.1. The Labute approximate surface area is 238 Å². The molecule has 42 heavy (non-hydrogen) atoms. The molecule has 3 N–H and O–H groups in total. The minimum absolute atomic E-state index is 0.0659. The lowest BCUT2D eigenvalue weighted by Gasteiger charge is -2.31. The number of alkyl halides is 3. The molecular weight excluding hydrogens is 585 g/mol. The predicted octanol–water partition coefficient (Wildman–Crippen LogP) is 4.97. The number of nitrogens with two attached hydrogens (primary N) is 1. The molecule has 0 atom stereocenters. The first-order valence-corrected chi connectivity index (χ1v) is 13.2. The molecule has 0 bridgehead atoms. The van der Waals surface area contributed by atoms with E-state index in [-0.39, 0.29) is 31.1 Å². The van der Waals surface area contributed by atoms with Crippen LogP contribution >= 0.6 is 11.3 Å². The van der Waals surface area contributed by atoms with Crippen molar-refractivity contribution >= 4 is 44.7 Å². The summed E-state index contributed by atoms with van der Waals surface area (Å²) in [5.74, 6) is -2.69. The van der Waals surface area contributed by atoms with Crippen molar-refractivity contribution in [2.75, 3.05) is 11.4 Å². The third-order valence-electron chi connectivity index (χ3n) is 6.43. The summed E-state index contributed by atoms with van der Waals surface area (Å²) in [5, 5.41) is 12.0. The van der Waals surface area contributed by atoms with Gasteiger partial charge >= 0.3 is 17.8 Å². The van der Waals surface area contributed by atoms with Gasteiger partial charge in [0.25, 0.3) is 6.08 Å². The van der Waals surface area contributed by atoms with E-state index in [4.69, 9.17) is 15.6 Å². The molecule has 1 amide bonds. The minimum atomic E-state index is -5.08. The number of carbonyl (C=O) groups is 2. The molecule has 9 nitrogen and oxygen atoms in total. The van der Waals surface area contributed by atoms with E-state index in [0.717, 1.165) is 48.6 Å². The summed E-state index contributed by atoms with van der Waals surface area (Å²) in [7, 11) is 0. The van der Waals surface area contributed by atoms with Gasteiger partial charge in [-0.2, -0.15) is 27.1 Å². The molecule has 0 spiro atoms. The second-order valence-electron chi connectivity index (χ2n) is 9.32. The van der Waals surface area contributed by atoms with E-state index in [1.165, 1.54) is 22.2 Å². The fourth-order valence-corrected chi connectivity index (χ4v) is 5.48. The molecule has 2 aromatic heterocycles. The highest BCUT2D eigenvalue weighted by atomic mass is 32.1. The van der Waals surface area contributed by atoms with Gasteiger partial charge in [-0.25, -0.2) is 14.3 Å². The zero-order valence-corrected chi connectivity index (χ0v) is 22.8. The van der Waals surface area contributed by atoms with Gasteiger partial charge in [-0.15, -0.1) is 11.3 Å². The molecule has 2 aromatic carbocycles. The van der Waals surface area contributed by atoms with Gasteiger partial charge in [-0.05, 0) is 54.1 Å². The van der Waals surface area contributed by atoms with E-state index in [0.29, 0.717) is 6.42 Å². The summed E-state index contributed by atoms with van der Waals surface area (Å²) < 4.78 is 60.9. The Morgan fingerprint density at radius 2 is 1.83 bits per heavy atom. The van der Waals surface area contributed by atoms with Gasteiger partial charge in [0, 0.05) is 33.8 Å². The summed E-state index contributed by atoms with van der Waals surface area (Å²) in [6, 6.07) is 14.0. The number of carboxylic acid groups (broad SMARTS) is 1. The first-order valence-electron chi connectivity index (χ1n) is 12.4. The minimum Gasteiger partial charge on any atom is -0.475 e. The maximum atomic E-state index is 12.9. The molecular formula is C27H24F5N5O4S. The number of rotatable bonds is 6. The SMILES string of the molecule is Cc1cccc2c1N(c1ccc3sc(Cn4cnn(CC(CN)=C(F)F)c4=O)cc3c1)C(=O)CC2.O=C(O)C(F)(F)F. The second-order valence-corrected chi connectivity index (χ2v) is 10.5. The van der Waals surface area contributed by atoms with Crippen LogP contribution in [0.3, 0.4) is 0 Å². The third kappa shape index (κ3) is 6.57. The molecule has 0 saturated carbocycles. The van der Waals surface area contributed by atoms with Crippen LogP contribution in [-0.4, -0.2) is 44.1 Å². The van der Waals surface area contributed by atoms with Gasteiger partial charge in [0.2, 0.25) is 5.91 Å². The van der Waals surface area contributed by atoms with Crippen LogP contribution < -0.4 is 16.3 Å². The number of benzene rings is 2. The van der Waals surface area contributed by atoms with Crippen molar-refractivity contribution < 1.29 is 36.6 Å². The molecule has 0 radical (unpaired) electrons. The number of aliphatic carboxylic acids is 1. The highest BCUT2D eigenvalue weighted by Gasteiger charge is 2.38. The lowest BCUT2D eigenvalue weighted by Crippen LogP contribution is -2.31. The zero-order valence-electron chi connectivity index (χ0n) is 22.0. The van der Waals surface area contributed by atoms with Crippen LogP contribution in [0.4, 0.5) is 33.3 Å². The van der Waals surface area contributed by atoms with Gasteiger partial charge in [-0.3, -0.25) is 14.3 Å². The number of para-hydroxylation sites is 1. The number of anilines is 2. The first kappa shape index (κ1) is 30.6. The molecule has 0 aliphatic carbocycles. The van der Waals surface area contributed by atoms with E-state index >= 15 is 0 Å². The fourth-order valence-electron chi connectivity index (χ4n) is 4.43. The number of halogens is 5. The van der Waals surface area contributed by atoms with Crippen molar-refractivity contribution in [2.45, 2.75) is 39.0 Å². The fraction of sp³-hybridized carbons (Fsp3) is 0.259. The van der Waals surface area contributed by atoms with Crippen LogP contribution in [0.25, 0.3) is 10.1 Å². The van der Waals surface area contributed by atoms with Crippen molar-refractivity contribution in [3.8, 4) is 0 Å². The van der Waals surface area contributed by atoms with Crippen LogP contribution in [0.5, 0.6) is 0 Å². The molecule has 5 rings (SSSR count). The van der Waals surface area contributed by atoms with Crippen LogP contribution in [0.1, 0.15) is 22.4 Å². The summed E-state index contributed by atoms with van der Waals surface area (Å²) >= 11 is 1.53. The molecule has 1 aliphatic heterocycles. The highest BCUT2D eigenvalue weighted by Crippen LogP contribution is 2.39. The number of nitrogens with zero attached hydrogens (tertiary/aromatic N) is 4. The van der Waals surface area contributed by atoms with Crippen molar-refractivity contribution in [1.82, 2.24) is 14.3 Å². The molecule has 3 heterocycles. The van der Waals surface area contributed by atoms with Gasteiger partial charge in [0.05, 0.1) is 18.8 Å². The standard InChI is InChI=1S/C25H23F2N5O2S.C2HF3O2/c1-15-3-2-4-16-5-8-22(33)32(23(15)16)19-6-7-21-17(9-19)10-20(35-21)13-30-14-29-31(25(30)34)12-18(11-28)24(26)27;3-2(4,5)1(6)7/h2-4,6-7,9-10,14H,5,8,11-13,28H2,1H3;(H,6,7). The van der Waals surface area contributed by atoms with Gasteiger partial charge in [-0.1, -0.05) is 18.2 Å². The van der Waals surface area contributed by atoms with E-state index in [1.807, 2.05) is 43.3 Å². The first-order chi connectivity index (χ1) is 19.8. The number of aromatic nitrogens is 3. The van der Waals surface area contributed by atoms with Crippen LogP contribution in [0.2, 0.25) is 0 Å². The molecule has 15 heteroatoms. The number of fused-ring (bicyclic) bond motifs is 2. The number of carbonyl (C=O) groups excluding carboxylic acids is 1. The summed E-state index contributed by atoms with van der Waals surface area (Å²) in [6.07, 6.45) is -4.43. The lowest BCUT2D eigenvalue weighted by molar-refractivity contribution is -0.192. The largest absolute Gasteiger partial charge is 0.490 e. The summed E-state index contributed by atoms with van der Waals surface area (Å²) in [6.45, 7) is 1.59. The Kier molecular flexibility index (Phi) is 8.92. The monoisotopic (exact) mass is 609 g/mol. The quantitative estimate of drug-likeness (QED) is 0.298. The molecule has 4 aromatic rings. The topological polar surface area (TPSA) is 123 Å². The maximum absolute atomic E-state index is 12.9. The molecule has 0 saturated heterocycles. The number of hydrogen-bond acceptors (Lipinski definition) is 6. The van der Waals surface area contributed by atoms with E-state index in [9.17, 15) is 31.5 Å². The molecule has 0 unspecified atom stereocenters. The van der Waals surface area contributed by atoms with E-state index in [2.05, 4.69) is 11.2 Å². The third-order valence-corrected chi connectivity index (χ3v) is 7.53. The molecule has 222 valence electrons. The number of amides is 1. The second kappa shape index (κ2) is 12.2. The van der Waals surface area contributed by atoms with Gasteiger partial charge < -0.3 is 10.8 Å². The zero-order chi connectivity index (χ0) is 30.8. The normalized spacial score (nSPS) is 13.0. The maximum Gasteiger partial charge on any atom is 0.490 e. The lowest BCUT2D eigenvalue weighted by atomic mass is 9.97. The number of thiophene rings is 1. The molecule has 1 aliphatic rings. The van der Waals surface area contributed by atoms with E-state index < -0.39 is 23.9 Å². The number of hydrogen-bond donors (Lipinski definition) is 2. The van der Waals surface area contributed by atoms with Crippen molar-refractivity contribution in [2.24, 2.45) is 5.73 Å². The average Bonchev–Trinajstić information content (AvgIpc) is 3.49. The Morgan fingerprint density at radius 1 is 1.12 bits per heavy atom. The number of aryl methyl sites for hydroxylation is 2. The average molecular weight is 610 g/mol. The summed E-state index contributed by atoms with van der Waals surface area (Å²) in [5.41, 5.74) is 8.51. The highest BCUT2D eigenvalue weighted by molar-refractivity contribution is 7.19. The van der Waals surface area contributed by atoms with Crippen molar-refractivity contribution in [1.29, 1.82) is 0 Å². The van der Waals surface area contributed by atoms with Crippen LogP contribution in [-0.2, 0) is 29.1 Å². The Balaban J connectivity index is 0.000000517. The predicted molar refractivity (Wildman–Crippen MR) is 146 cm³/mol.